The van der Waals surface area contributed by atoms with Gasteiger partial charge in [0.05, 0.1) is 0 Å². The van der Waals surface area contributed by atoms with Gasteiger partial charge in [-0.05, 0) is 138 Å². The van der Waals surface area contributed by atoms with E-state index < -0.39 is 0 Å². The molecule has 0 bridgehead atoms. The fourth-order valence-electron chi connectivity index (χ4n) is 10.5. The Morgan fingerprint density at radius 3 is 1.39 bits per heavy atom. The highest BCUT2D eigenvalue weighted by molar-refractivity contribution is 6.22. The first kappa shape index (κ1) is 32.2. The molecule has 0 atom stereocenters. The average Bonchev–Trinajstić information content (AvgIpc) is 3.52. The Morgan fingerprint density at radius 2 is 0.719 bits per heavy atom. The van der Waals surface area contributed by atoms with Gasteiger partial charge in [-0.1, -0.05) is 190 Å². The number of fused-ring (bicyclic) bond motifs is 13. The molecule has 0 heterocycles. The number of rotatable bonds is 3. The van der Waals surface area contributed by atoms with Gasteiger partial charge in [0.2, 0.25) is 0 Å². The molecule has 0 aliphatic heterocycles. The summed E-state index contributed by atoms with van der Waals surface area (Å²) in [4.78, 5) is 0. The number of benzene rings is 11. The highest BCUT2D eigenvalue weighted by Crippen LogP contribution is 2.56. The van der Waals surface area contributed by atoms with Crippen molar-refractivity contribution in [1.82, 2.24) is 0 Å². The van der Waals surface area contributed by atoms with Gasteiger partial charge in [-0.2, -0.15) is 0 Å². The Hall–Kier alpha value is -7.02. The summed E-state index contributed by atoms with van der Waals surface area (Å²) < 4.78 is 0. The molecule has 0 nitrogen and oxygen atoms in total. The molecule has 57 heavy (non-hydrogen) atoms. The normalized spacial score (nSPS) is 13.2. The van der Waals surface area contributed by atoms with Gasteiger partial charge < -0.3 is 0 Å². The molecular weight excluding hydrogens is 685 g/mol. The van der Waals surface area contributed by atoms with E-state index in [1.807, 2.05) is 0 Å². The van der Waals surface area contributed by atoms with Crippen molar-refractivity contribution in [2.24, 2.45) is 0 Å². The van der Waals surface area contributed by atoms with Gasteiger partial charge in [0, 0.05) is 5.41 Å². The zero-order valence-corrected chi connectivity index (χ0v) is 32.0. The van der Waals surface area contributed by atoms with Crippen molar-refractivity contribution in [2.45, 2.75) is 19.3 Å². The molecule has 0 heteroatoms. The Balaban J connectivity index is 1.02. The van der Waals surface area contributed by atoms with E-state index in [0.717, 1.165) is 0 Å². The third kappa shape index (κ3) is 4.62. The van der Waals surface area contributed by atoms with Crippen molar-refractivity contribution < 1.29 is 0 Å². The summed E-state index contributed by atoms with van der Waals surface area (Å²) in [6, 6.07) is 72.5. The van der Waals surface area contributed by atoms with Gasteiger partial charge in [-0.25, -0.2) is 0 Å². The Bertz CT molecular complexity index is 3430. The van der Waals surface area contributed by atoms with Gasteiger partial charge in [-0.3, -0.25) is 0 Å². The second-order valence-corrected chi connectivity index (χ2v) is 16.4. The molecule has 12 rings (SSSR count). The second-order valence-electron chi connectivity index (χ2n) is 16.4. The first-order valence-electron chi connectivity index (χ1n) is 20.1. The van der Waals surface area contributed by atoms with Gasteiger partial charge in [0.25, 0.3) is 0 Å². The lowest BCUT2D eigenvalue weighted by molar-refractivity contribution is 0.672. The molecule has 0 N–H and O–H groups in total. The Kier molecular flexibility index (Phi) is 6.78. The topological polar surface area (TPSA) is 0 Å². The van der Waals surface area contributed by atoms with E-state index in [-0.39, 0.29) is 5.41 Å². The number of hydrogen-bond acceptors (Lipinski definition) is 0. The van der Waals surface area contributed by atoms with Crippen LogP contribution in [-0.4, -0.2) is 0 Å². The quantitative estimate of drug-likeness (QED) is 0.126. The minimum Gasteiger partial charge on any atom is -0.0616 e. The van der Waals surface area contributed by atoms with Crippen molar-refractivity contribution in [2.75, 3.05) is 0 Å². The third-order valence-corrected chi connectivity index (χ3v) is 12.9. The Labute approximate surface area is 332 Å². The van der Waals surface area contributed by atoms with E-state index in [4.69, 9.17) is 0 Å². The molecule has 0 amide bonds. The molecular formula is C57H38. The average molecular weight is 723 g/mol. The van der Waals surface area contributed by atoms with Crippen LogP contribution in [0.4, 0.5) is 0 Å². The highest BCUT2D eigenvalue weighted by atomic mass is 14.4. The minimum atomic E-state index is -0.156. The van der Waals surface area contributed by atoms with Crippen LogP contribution in [0.3, 0.4) is 0 Å². The molecule has 0 saturated heterocycles. The van der Waals surface area contributed by atoms with Gasteiger partial charge in [-0.15, -0.1) is 0 Å². The number of hydrogen-bond donors (Lipinski definition) is 0. The SMILES string of the molecule is CC1(C)c2c(ccc3cc(-c4cccc(-c5c6ccccc6c(-c6ccc7ccccc7c6)c6ccccc56)c4)ccc23)-c2c1c1ccccc1c1ccccc21. The largest absolute Gasteiger partial charge is 0.0616 e. The summed E-state index contributed by atoms with van der Waals surface area (Å²) in [6.07, 6.45) is 0. The van der Waals surface area contributed by atoms with E-state index in [9.17, 15) is 0 Å². The predicted octanol–water partition coefficient (Wildman–Crippen LogP) is 15.9. The summed E-state index contributed by atoms with van der Waals surface area (Å²) in [6.45, 7) is 4.85. The van der Waals surface area contributed by atoms with Crippen LogP contribution >= 0.6 is 0 Å². The van der Waals surface area contributed by atoms with Crippen molar-refractivity contribution in [3.63, 3.8) is 0 Å². The van der Waals surface area contributed by atoms with Crippen molar-refractivity contribution >= 4 is 64.6 Å². The van der Waals surface area contributed by atoms with Crippen LogP contribution in [0.25, 0.3) is 109 Å². The first-order chi connectivity index (χ1) is 28.0. The lowest BCUT2D eigenvalue weighted by Gasteiger charge is -2.25. The predicted molar refractivity (Wildman–Crippen MR) is 245 cm³/mol. The summed E-state index contributed by atoms with van der Waals surface area (Å²) in [7, 11) is 0. The van der Waals surface area contributed by atoms with Crippen molar-refractivity contribution in [3.8, 4) is 44.5 Å². The van der Waals surface area contributed by atoms with Gasteiger partial charge in [0.1, 0.15) is 0 Å². The molecule has 11 aromatic rings. The molecule has 0 saturated carbocycles. The molecule has 266 valence electrons. The molecule has 1 aliphatic rings. The van der Waals surface area contributed by atoms with E-state index >= 15 is 0 Å². The van der Waals surface area contributed by atoms with Gasteiger partial charge >= 0.3 is 0 Å². The van der Waals surface area contributed by atoms with Crippen LogP contribution in [0.1, 0.15) is 25.0 Å². The lowest BCUT2D eigenvalue weighted by atomic mass is 9.77. The van der Waals surface area contributed by atoms with Gasteiger partial charge in [0.15, 0.2) is 0 Å². The first-order valence-corrected chi connectivity index (χ1v) is 20.1. The maximum atomic E-state index is 2.43. The molecule has 0 aromatic heterocycles. The molecule has 0 fully saturated rings. The van der Waals surface area contributed by atoms with E-state index in [1.54, 1.807) is 0 Å². The summed E-state index contributed by atoms with van der Waals surface area (Å²) in [5, 5.41) is 15.6. The summed E-state index contributed by atoms with van der Waals surface area (Å²) in [5.74, 6) is 0. The van der Waals surface area contributed by atoms with Crippen LogP contribution in [0.15, 0.2) is 194 Å². The van der Waals surface area contributed by atoms with Crippen molar-refractivity contribution in [1.29, 1.82) is 0 Å². The molecule has 0 spiro atoms. The van der Waals surface area contributed by atoms with E-state index in [1.165, 1.54) is 120 Å². The van der Waals surface area contributed by atoms with Crippen LogP contribution < -0.4 is 0 Å². The fourth-order valence-corrected chi connectivity index (χ4v) is 10.5. The maximum absolute atomic E-state index is 2.43. The molecule has 0 radical (unpaired) electrons. The monoisotopic (exact) mass is 722 g/mol. The molecule has 1 aliphatic carbocycles. The highest BCUT2D eigenvalue weighted by Gasteiger charge is 2.39. The Morgan fingerprint density at radius 1 is 0.263 bits per heavy atom. The standard InChI is InChI=1S/C57H38/c1-57(2)55-42-30-28-38(32-39(42)29-31-51(55)54-45-20-7-5-18-43(45)44-19-6-12-25-50(44)56(54)57)37-16-13-17-40(34-37)52-46-21-8-10-23-48(46)53(49-24-11-9-22-47(49)52)41-27-26-35-14-3-4-15-36(35)33-41/h3-34H,1-2H3. The third-order valence-electron chi connectivity index (χ3n) is 12.9. The maximum Gasteiger partial charge on any atom is 0.0171 e. The smallest absolute Gasteiger partial charge is 0.0171 e. The van der Waals surface area contributed by atoms with Crippen LogP contribution in [0, 0.1) is 0 Å². The lowest BCUT2D eigenvalue weighted by Crippen LogP contribution is -2.16. The zero-order valence-electron chi connectivity index (χ0n) is 32.0. The minimum absolute atomic E-state index is 0.156. The summed E-state index contributed by atoms with van der Waals surface area (Å²) in [5.41, 5.74) is 13.0. The zero-order chi connectivity index (χ0) is 37.8. The van der Waals surface area contributed by atoms with Crippen molar-refractivity contribution in [3.05, 3.63) is 205 Å². The van der Waals surface area contributed by atoms with Crippen LogP contribution in [0.5, 0.6) is 0 Å². The van der Waals surface area contributed by atoms with Crippen LogP contribution in [-0.2, 0) is 5.41 Å². The summed E-state index contributed by atoms with van der Waals surface area (Å²) >= 11 is 0. The molecule has 11 aromatic carbocycles. The van der Waals surface area contributed by atoms with E-state index in [0.29, 0.717) is 0 Å². The molecule has 0 unspecified atom stereocenters. The van der Waals surface area contributed by atoms with E-state index in [2.05, 4.69) is 208 Å². The second kappa shape index (κ2) is 12.0. The van der Waals surface area contributed by atoms with Crippen LogP contribution in [0.2, 0.25) is 0 Å². The fraction of sp³-hybridized carbons (Fsp3) is 0.0526.